The molecule has 2 aromatic carbocycles. The van der Waals surface area contributed by atoms with Crippen LogP contribution in [-0.4, -0.2) is 33.8 Å². The average molecular weight is 475 g/mol. The first-order valence-electron chi connectivity index (χ1n) is 12.3. The van der Waals surface area contributed by atoms with Gasteiger partial charge >= 0.3 is 0 Å². The Balaban J connectivity index is 1.44. The van der Waals surface area contributed by atoms with Gasteiger partial charge in [-0.1, -0.05) is 31.2 Å². The molecule has 2 heterocycles. The van der Waals surface area contributed by atoms with Crippen molar-refractivity contribution in [2.24, 2.45) is 16.6 Å². The number of amides is 2. The number of aliphatic imine (C=N–C) groups is 1. The van der Waals surface area contributed by atoms with Crippen LogP contribution in [-0.2, 0) is 11.2 Å². The summed E-state index contributed by atoms with van der Waals surface area (Å²) in [6.07, 6.45) is 1.81. The molecule has 2 aliphatic heterocycles. The van der Waals surface area contributed by atoms with Gasteiger partial charge in [0, 0.05) is 17.5 Å². The lowest BCUT2D eigenvalue weighted by Crippen LogP contribution is -2.52. The second kappa shape index (κ2) is 8.11. The molecule has 7 nitrogen and oxygen atoms in total. The monoisotopic (exact) mass is 474 g/mol. The predicted molar refractivity (Wildman–Crippen MR) is 135 cm³/mol. The second-order valence-electron chi connectivity index (χ2n) is 11.4. The lowest BCUT2D eigenvalue weighted by Gasteiger charge is -2.38. The highest BCUT2D eigenvalue weighted by Crippen LogP contribution is 2.43. The van der Waals surface area contributed by atoms with Crippen LogP contribution in [0.4, 0.5) is 0 Å². The third-order valence-corrected chi connectivity index (χ3v) is 7.28. The summed E-state index contributed by atoms with van der Waals surface area (Å²) in [4.78, 5) is 32.7. The quantitative estimate of drug-likeness (QED) is 0.694. The van der Waals surface area contributed by atoms with E-state index in [0.717, 1.165) is 28.9 Å². The molecular formula is C28H34N4O3. The highest BCUT2D eigenvalue weighted by atomic mass is 16.5. The number of rotatable bonds is 3. The molecule has 0 unspecified atom stereocenters. The highest BCUT2D eigenvalue weighted by molar-refractivity contribution is 6.00. The number of carbonyl (C=O) groups is 2. The zero-order valence-corrected chi connectivity index (χ0v) is 21.1. The summed E-state index contributed by atoms with van der Waals surface area (Å²) in [5, 5.41) is 3.22. The first kappa shape index (κ1) is 23.4. The maximum Gasteiger partial charge on any atom is 0.251 e. The number of carbonyl (C=O) groups excluding carboxylic acids is 2. The molecule has 184 valence electrons. The maximum absolute atomic E-state index is 13.4. The molecule has 1 aliphatic carbocycles. The van der Waals surface area contributed by atoms with Gasteiger partial charge in [0.25, 0.3) is 5.91 Å². The van der Waals surface area contributed by atoms with Crippen LogP contribution in [0.15, 0.2) is 47.5 Å². The molecule has 2 amide bonds. The third kappa shape index (κ3) is 4.28. The molecule has 0 saturated heterocycles. The zero-order valence-electron chi connectivity index (χ0n) is 21.1. The summed E-state index contributed by atoms with van der Waals surface area (Å²) in [5.41, 5.74) is 9.09. The maximum atomic E-state index is 13.4. The minimum Gasteiger partial charge on any atom is -0.487 e. The number of nitrogens with one attached hydrogen (secondary N) is 1. The molecule has 0 spiro atoms. The molecule has 3 N–H and O–H groups in total. The fourth-order valence-corrected chi connectivity index (χ4v) is 5.81. The molecule has 35 heavy (non-hydrogen) atoms. The minimum absolute atomic E-state index is 0.0249. The van der Waals surface area contributed by atoms with Crippen LogP contribution in [0.2, 0.25) is 0 Å². The van der Waals surface area contributed by atoms with Gasteiger partial charge in [0.2, 0.25) is 5.91 Å². The van der Waals surface area contributed by atoms with E-state index < -0.39 is 5.54 Å². The second-order valence-corrected chi connectivity index (χ2v) is 11.4. The molecule has 0 bridgehead atoms. The molecule has 0 aromatic heterocycles. The van der Waals surface area contributed by atoms with Crippen molar-refractivity contribution in [1.29, 1.82) is 0 Å². The lowest BCUT2D eigenvalue weighted by molar-refractivity contribution is -0.131. The summed E-state index contributed by atoms with van der Waals surface area (Å²) >= 11 is 0. The van der Waals surface area contributed by atoms with Gasteiger partial charge < -0.3 is 15.8 Å². The molecule has 0 saturated carbocycles. The Morgan fingerprint density at radius 2 is 1.89 bits per heavy atom. The molecule has 0 fully saturated rings. The summed E-state index contributed by atoms with van der Waals surface area (Å²) in [6, 6.07) is 13.3. The van der Waals surface area contributed by atoms with Crippen LogP contribution in [0.25, 0.3) is 0 Å². The summed E-state index contributed by atoms with van der Waals surface area (Å²) < 4.78 is 6.11. The third-order valence-electron chi connectivity index (χ3n) is 7.28. The van der Waals surface area contributed by atoms with Gasteiger partial charge in [-0.15, -0.1) is 0 Å². The summed E-state index contributed by atoms with van der Waals surface area (Å²) in [5.74, 6) is 1.06. The molecule has 3 atom stereocenters. The Morgan fingerprint density at radius 3 is 2.63 bits per heavy atom. The highest BCUT2D eigenvalue weighted by Gasteiger charge is 2.43. The van der Waals surface area contributed by atoms with Gasteiger partial charge in [-0.05, 0) is 69.4 Å². The van der Waals surface area contributed by atoms with Crippen LogP contribution in [0.5, 0.6) is 5.75 Å². The average Bonchev–Trinajstić information content (AvgIpc) is 3.06. The number of guanidine groups is 1. The largest absolute Gasteiger partial charge is 0.487 e. The summed E-state index contributed by atoms with van der Waals surface area (Å²) in [7, 11) is 0. The first-order valence-corrected chi connectivity index (χ1v) is 12.3. The first-order chi connectivity index (χ1) is 16.4. The van der Waals surface area contributed by atoms with Crippen molar-refractivity contribution in [2.75, 3.05) is 0 Å². The van der Waals surface area contributed by atoms with Gasteiger partial charge in [-0.3, -0.25) is 14.5 Å². The van der Waals surface area contributed by atoms with E-state index in [2.05, 4.69) is 17.2 Å². The van der Waals surface area contributed by atoms with Gasteiger partial charge in [0.05, 0.1) is 24.0 Å². The standard InChI is InChI=1S/C28H34N4O3/c1-16-12-17-10-11-18(13-20(17)24(16)32-23(33)15-27(2,3)31-26(32)29)25(34)30-21-14-28(4,5)35-22-9-7-6-8-19(21)22/h6-11,13,16,21,24H,12,14-15H2,1-5H3,(H2,29,31)(H,30,34)/t16-,21-,24-/m0/s1. The van der Waals surface area contributed by atoms with Crippen molar-refractivity contribution < 1.29 is 14.3 Å². The van der Waals surface area contributed by atoms with Gasteiger partial charge in [-0.25, -0.2) is 4.99 Å². The van der Waals surface area contributed by atoms with Gasteiger partial charge in [-0.2, -0.15) is 0 Å². The zero-order chi connectivity index (χ0) is 25.1. The number of hydrogen-bond donors (Lipinski definition) is 2. The smallest absolute Gasteiger partial charge is 0.251 e. The van der Waals surface area contributed by atoms with E-state index in [1.54, 1.807) is 4.90 Å². The fraction of sp³-hybridized carbons (Fsp3) is 0.464. The Morgan fingerprint density at radius 1 is 1.14 bits per heavy atom. The van der Waals surface area contributed by atoms with Crippen molar-refractivity contribution in [3.05, 3.63) is 64.7 Å². The SMILES string of the molecule is C[C@H]1Cc2ccc(C(=O)N[C@H]3CC(C)(C)Oc4ccccc43)cc2[C@H]1N1C(=O)CC(C)(C)N=C1N. The summed E-state index contributed by atoms with van der Waals surface area (Å²) in [6.45, 7) is 10.0. The van der Waals surface area contributed by atoms with E-state index in [-0.39, 0.29) is 41.4 Å². The number of benzene rings is 2. The molecule has 2 aromatic rings. The van der Waals surface area contributed by atoms with Crippen LogP contribution in [0.3, 0.4) is 0 Å². The van der Waals surface area contributed by atoms with Gasteiger partial charge in [0.15, 0.2) is 5.96 Å². The molecule has 0 radical (unpaired) electrons. The Labute approximate surface area is 206 Å². The Hall–Kier alpha value is -3.35. The molecule has 5 rings (SSSR count). The van der Waals surface area contributed by atoms with Crippen LogP contribution < -0.4 is 15.8 Å². The van der Waals surface area contributed by atoms with E-state index in [4.69, 9.17) is 10.5 Å². The van der Waals surface area contributed by atoms with Crippen molar-refractivity contribution in [3.8, 4) is 5.75 Å². The number of nitrogens with two attached hydrogens (primary N) is 1. The van der Waals surface area contributed by atoms with Crippen molar-refractivity contribution in [3.63, 3.8) is 0 Å². The van der Waals surface area contributed by atoms with Gasteiger partial charge in [0.1, 0.15) is 11.4 Å². The van der Waals surface area contributed by atoms with E-state index in [1.807, 2.05) is 70.2 Å². The molecule has 7 heteroatoms. The van der Waals surface area contributed by atoms with Crippen molar-refractivity contribution in [1.82, 2.24) is 10.2 Å². The number of ether oxygens (including phenoxy) is 1. The number of fused-ring (bicyclic) bond motifs is 2. The number of para-hydroxylation sites is 1. The van der Waals surface area contributed by atoms with E-state index in [0.29, 0.717) is 18.4 Å². The Kier molecular flexibility index (Phi) is 5.42. The van der Waals surface area contributed by atoms with Crippen LogP contribution >= 0.6 is 0 Å². The van der Waals surface area contributed by atoms with E-state index in [9.17, 15) is 9.59 Å². The van der Waals surface area contributed by atoms with Crippen molar-refractivity contribution in [2.45, 2.75) is 77.1 Å². The number of hydrogen-bond acceptors (Lipinski definition) is 5. The van der Waals surface area contributed by atoms with E-state index in [1.165, 1.54) is 0 Å². The molecule has 3 aliphatic rings. The fourth-order valence-electron chi connectivity index (χ4n) is 5.81. The van der Waals surface area contributed by atoms with E-state index >= 15 is 0 Å². The minimum atomic E-state index is -0.502. The van der Waals surface area contributed by atoms with Crippen LogP contribution in [0, 0.1) is 5.92 Å². The predicted octanol–water partition coefficient (Wildman–Crippen LogP) is 4.28. The normalized spacial score (nSPS) is 26.3. The van der Waals surface area contributed by atoms with Crippen molar-refractivity contribution >= 4 is 17.8 Å². The van der Waals surface area contributed by atoms with Crippen LogP contribution in [0.1, 0.15) is 86.6 Å². The molecular weight excluding hydrogens is 440 g/mol. The number of nitrogens with zero attached hydrogens (tertiary/aromatic N) is 2. The topological polar surface area (TPSA) is 97.0 Å². The lowest BCUT2D eigenvalue weighted by atomic mass is 9.89. The Bertz CT molecular complexity index is 1230.